The number of ether oxygens (including phenoxy) is 2. The number of carbonyl (C=O) groups is 3. The Hall–Kier alpha value is -2.31. The Labute approximate surface area is 103 Å². The van der Waals surface area contributed by atoms with E-state index in [1.807, 2.05) is 0 Å². The van der Waals surface area contributed by atoms with Crippen LogP contribution in [0.3, 0.4) is 0 Å². The van der Waals surface area contributed by atoms with Crippen molar-refractivity contribution in [3.05, 3.63) is 23.0 Å². The Bertz CT molecular complexity index is 476. The van der Waals surface area contributed by atoms with Crippen LogP contribution in [-0.4, -0.2) is 41.2 Å². The number of aromatic carboxylic acids is 1. The van der Waals surface area contributed by atoms with Crippen LogP contribution in [0.4, 0.5) is 0 Å². The standard InChI is InChI=1S/C11H13NO6/c1-3-17-10(15)6-5-7(11(16)18-4-2)12-8(6)9(13)14/h5,12H,3-4H2,1-2H3,(H,13,14)/i6+1,8+1,9+1,10+1,12+1. The summed E-state index contributed by atoms with van der Waals surface area (Å²) in [5.41, 5.74) is -0.693. The van der Waals surface area contributed by atoms with Gasteiger partial charge < -0.3 is 19.6 Å². The fourth-order valence-electron chi connectivity index (χ4n) is 1.31. The monoisotopic (exact) mass is 260 g/mol. The van der Waals surface area contributed by atoms with Gasteiger partial charge in [0, 0.05) is 0 Å². The molecular weight excluding hydrogens is 247 g/mol. The molecule has 1 aromatic heterocycles. The third-order valence-electron chi connectivity index (χ3n) is 2.02. The third kappa shape index (κ3) is 2.88. The van der Waals surface area contributed by atoms with E-state index >= 15 is 0 Å². The molecule has 0 spiro atoms. The van der Waals surface area contributed by atoms with E-state index in [1.54, 1.807) is 13.8 Å². The van der Waals surface area contributed by atoms with Crippen molar-refractivity contribution in [2.45, 2.75) is 13.8 Å². The quantitative estimate of drug-likeness (QED) is 0.605. The van der Waals surface area contributed by atoms with Gasteiger partial charge in [0.05, 0.1) is 18.8 Å². The van der Waals surface area contributed by atoms with Gasteiger partial charge in [-0.2, -0.15) is 0 Å². The van der Waals surface area contributed by atoms with Crippen molar-refractivity contribution in [1.82, 2.24) is 4.98 Å². The maximum Gasteiger partial charge on any atom is 0.354 e. The molecule has 0 amide bonds. The number of nitrogens with one attached hydrogen (secondary N) is 1. The van der Waals surface area contributed by atoms with Crippen molar-refractivity contribution < 1.29 is 29.0 Å². The Morgan fingerprint density at radius 3 is 2.22 bits per heavy atom. The lowest BCUT2D eigenvalue weighted by molar-refractivity contribution is 0.0512. The van der Waals surface area contributed by atoms with E-state index in [1.165, 1.54) is 0 Å². The first-order valence-electron chi connectivity index (χ1n) is 5.31. The molecule has 1 heterocycles. The van der Waals surface area contributed by atoms with Crippen molar-refractivity contribution in [1.29, 1.82) is 0 Å². The molecule has 0 aliphatic carbocycles. The summed E-state index contributed by atoms with van der Waals surface area (Å²) in [5.74, 6) is -2.88. The van der Waals surface area contributed by atoms with Crippen molar-refractivity contribution >= 4 is 17.9 Å². The summed E-state index contributed by atoms with van der Waals surface area (Å²) >= 11 is 0. The van der Waals surface area contributed by atoms with E-state index in [2.05, 4.69) is 4.98 Å². The van der Waals surface area contributed by atoms with Crippen LogP contribution in [-0.2, 0) is 9.47 Å². The molecule has 1 rings (SSSR count). The number of hydrogen-bond donors (Lipinski definition) is 2. The zero-order valence-corrected chi connectivity index (χ0v) is 9.98. The smallest absolute Gasteiger partial charge is 0.354 e. The lowest BCUT2D eigenvalue weighted by Crippen LogP contribution is -2.10. The van der Waals surface area contributed by atoms with Crippen LogP contribution in [0.5, 0.6) is 0 Å². The van der Waals surface area contributed by atoms with Gasteiger partial charge in [0.25, 0.3) is 0 Å². The Morgan fingerprint density at radius 2 is 1.72 bits per heavy atom. The molecule has 1 aromatic rings. The average molecular weight is 260 g/mol. The first-order valence-corrected chi connectivity index (χ1v) is 5.31. The summed E-state index contributed by atoms with van der Waals surface area (Å²) in [7, 11) is 0. The van der Waals surface area contributed by atoms with Gasteiger partial charge in [0.2, 0.25) is 0 Å². The highest BCUT2D eigenvalue weighted by Gasteiger charge is 2.24. The number of aromatic amines is 1. The number of carboxylic acids is 1. The molecule has 0 aromatic carbocycles. The van der Waals surface area contributed by atoms with Gasteiger partial charge in [-0.05, 0) is 19.9 Å². The minimum atomic E-state index is -1.35. The second-order valence-electron chi connectivity index (χ2n) is 3.22. The minimum absolute atomic E-state index is 0.0997. The molecule has 2 N–H and O–H groups in total. The van der Waals surface area contributed by atoms with E-state index < -0.39 is 23.6 Å². The maximum absolute atomic E-state index is 11.5. The summed E-state index contributed by atoms with van der Waals surface area (Å²) in [4.78, 5) is 36.2. The van der Waals surface area contributed by atoms with Crippen LogP contribution in [0.2, 0.25) is 0 Å². The van der Waals surface area contributed by atoms with E-state index in [-0.39, 0.29) is 24.5 Å². The van der Waals surface area contributed by atoms with E-state index in [0.29, 0.717) is 0 Å². The van der Waals surface area contributed by atoms with Gasteiger partial charge in [0.15, 0.2) is 0 Å². The van der Waals surface area contributed by atoms with Gasteiger partial charge in [0.1, 0.15) is 11.4 Å². The second kappa shape index (κ2) is 5.85. The zero-order chi connectivity index (χ0) is 13.7. The van der Waals surface area contributed by atoms with Crippen LogP contribution in [0.25, 0.3) is 0 Å². The molecule has 0 aliphatic heterocycles. The number of H-pyrrole nitrogens is 1. The lowest BCUT2D eigenvalue weighted by Gasteiger charge is -1.99. The van der Waals surface area contributed by atoms with E-state index in [4.69, 9.17) is 14.6 Å². The normalized spacial score (nSPS) is 9.89. The van der Waals surface area contributed by atoms with Crippen molar-refractivity contribution in [3.8, 4) is 0 Å². The summed E-state index contributed by atoms with van der Waals surface area (Å²) in [6.07, 6.45) is 0. The Balaban J connectivity index is 3.12. The van der Waals surface area contributed by atoms with Gasteiger partial charge in [-0.15, -0.1) is 0 Å². The first-order chi connectivity index (χ1) is 8.51. The Morgan fingerprint density at radius 1 is 1.17 bits per heavy atom. The molecule has 0 saturated heterocycles. The van der Waals surface area contributed by atoms with E-state index in [9.17, 15) is 14.4 Å². The molecule has 0 bridgehead atoms. The minimum Gasteiger partial charge on any atom is -0.477 e. The number of rotatable bonds is 5. The molecular formula is C11H13NO6. The predicted molar refractivity (Wildman–Crippen MR) is 59.7 cm³/mol. The topological polar surface area (TPSA) is 106 Å². The Kier molecular flexibility index (Phi) is 4.47. The van der Waals surface area contributed by atoms with Crippen molar-refractivity contribution in [2.75, 3.05) is 13.2 Å². The fourth-order valence-corrected chi connectivity index (χ4v) is 1.31. The summed E-state index contributed by atoms with van der Waals surface area (Å²) in [6.45, 7) is 3.47. The predicted octanol–water partition coefficient (Wildman–Crippen LogP) is 1.07. The number of esters is 2. The van der Waals surface area contributed by atoms with Gasteiger partial charge in [-0.25, -0.2) is 14.4 Å². The molecule has 0 saturated carbocycles. The molecule has 0 unspecified atom stereocenters. The molecule has 18 heavy (non-hydrogen) atoms. The highest BCUT2D eigenvalue weighted by atomic mass is 16.6. The number of carboxylic acid groups (broad SMARTS) is 1. The highest BCUT2D eigenvalue weighted by molar-refractivity contribution is 6.04. The summed E-state index contributed by atoms with van der Waals surface area (Å²) < 4.78 is 9.40. The maximum atomic E-state index is 11.5. The molecule has 0 radical (unpaired) electrons. The number of carbonyl (C=O) groups excluding carboxylic acids is 2. The molecule has 7 nitrogen and oxygen atoms in total. The number of aromatic nitrogens is 1. The summed E-state index contributed by atoms with van der Waals surface area (Å²) in [6, 6.07) is 1.11. The van der Waals surface area contributed by atoms with Gasteiger partial charge in [-0.1, -0.05) is 0 Å². The van der Waals surface area contributed by atoms with Crippen LogP contribution in [0.15, 0.2) is 6.07 Å². The molecule has 0 aliphatic rings. The van der Waals surface area contributed by atoms with Crippen molar-refractivity contribution in [2.24, 2.45) is 0 Å². The third-order valence-corrected chi connectivity index (χ3v) is 2.02. The largest absolute Gasteiger partial charge is 0.477 e. The fraction of sp³-hybridized carbons (Fsp3) is 0.364. The van der Waals surface area contributed by atoms with Crippen LogP contribution >= 0.6 is 0 Å². The molecule has 0 atom stereocenters. The SMILES string of the molecule is CCOC(=O)c1c[13c]([13C](=O)OCC)[13c]([13C](=O)O)[15nH]1. The molecule has 0 fully saturated rings. The molecule has 98 valence electrons. The van der Waals surface area contributed by atoms with Gasteiger partial charge >= 0.3 is 17.9 Å². The van der Waals surface area contributed by atoms with Crippen LogP contribution in [0.1, 0.15) is 45.2 Å². The highest BCUT2D eigenvalue weighted by Crippen LogP contribution is 2.14. The zero-order valence-electron chi connectivity index (χ0n) is 9.98. The van der Waals surface area contributed by atoms with Crippen molar-refractivity contribution in [3.63, 3.8) is 0 Å². The average Bonchev–Trinajstić information content (AvgIpc) is 2.74. The van der Waals surface area contributed by atoms with Crippen LogP contribution < -0.4 is 0 Å². The van der Waals surface area contributed by atoms with E-state index in [0.717, 1.165) is 6.07 Å². The lowest BCUT2D eigenvalue weighted by atomic mass is 10.5. The summed E-state index contributed by atoms with van der Waals surface area (Å²) in [5, 5.41) is 8.92. The first kappa shape index (κ1) is 13.8. The van der Waals surface area contributed by atoms with Gasteiger partial charge in [-0.3, -0.25) is 0 Å². The van der Waals surface area contributed by atoms with Crippen LogP contribution in [0, 0.1) is 0 Å². The molecule has 7 heteroatoms. The number of hydrogen-bond acceptors (Lipinski definition) is 5. The second-order valence-corrected chi connectivity index (χ2v) is 3.22.